The Morgan fingerprint density at radius 1 is 0.724 bits per heavy atom. The Labute approximate surface area is 444 Å². The summed E-state index contributed by atoms with van der Waals surface area (Å²) in [6.07, 6.45) is 12.9. The zero-order chi connectivity index (χ0) is 53.1. The summed E-state index contributed by atoms with van der Waals surface area (Å²) in [5.41, 5.74) is 6.88. The van der Waals surface area contributed by atoms with Gasteiger partial charge in [0.1, 0.15) is 11.9 Å². The summed E-state index contributed by atoms with van der Waals surface area (Å²) in [6.45, 7) is 11.5. The van der Waals surface area contributed by atoms with Crippen LogP contribution in [0.2, 0.25) is 0 Å². The van der Waals surface area contributed by atoms with Crippen molar-refractivity contribution >= 4 is 46.8 Å². The van der Waals surface area contributed by atoms with Gasteiger partial charge in [-0.05, 0) is 117 Å². The number of piperazine rings is 1. The summed E-state index contributed by atoms with van der Waals surface area (Å²) < 4.78 is 17.1. The van der Waals surface area contributed by atoms with E-state index in [0.29, 0.717) is 57.3 Å². The van der Waals surface area contributed by atoms with Gasteiger partial charge in [0.05, 0.1) is 48.9 Å². The SMILES string of the molecule is Cc1ccc(NC(=O)c2ccc(CN3CCN(CCCCCCOCCOCCOCCCCCC(=O)Nc4cccc5c4C(=O)N(C4CCC(=O)NC4=O)C5=O)CC3)cc2)cc1Cc1nccc(-c2cccnc2)n1. The molecule has 3 N–H and O–H groups in total. The lowest BCUT2D eigenvalue weighted by Gasteiger charge is -2.34. The van der Waals surface area contributed by atoms with Crippen LogP contribution < -0.4 is 16.0 Å². The van der Waals surface area contributed by atoms with Crippen LogP contribution in [0.25, 0.3) is 11.3 Å². The lowest BCUT2D eigenvalue weighted by molar-refractivity contribution is -0.136. The molecule has 18 nitrogen and oxygen atoms in total. The predicted molar refractivity (Wildman–Crippen MR) is 286 cm³/mol. The minimum absolute atomic E-state index is 0.0303. The number of carbonyl (C=O) groups excluding carboxylic acids is 6. The van der Waals surface area contributed by atoms with E-state index in [-0.39, 0.29) is 47.9 Å². The van der Waals surface area contributed by atoms with Crippen LogP contribution in [0.4, 0.5) is 11.4 Å². The molecule has 3 aliphatic rings. The van der Waals surface area contributed by atoms with E-state index in [2.05, 4.69) is 54.8 Å². The van der Waals surface area contributed by atoms with Crippen molar-refractivity contribution in [3.63, 3.8) is 0 Å². The van der Waals surface area contributed by atoms with E-state index in [1.165, 1.54) is 24.5 Å². The van der Waals surface area contributed by atoms with Gasteiger partial charge >= 0.3 is 0 Å². The molecule has 2 aromatic heterocycles. The minimum Gasteiger partial charge on any atom is -0.379 e. The van der Waals surface area contributed by atoms with Crippen molar-refractivity contribution in [2.24, 2.45) is 0 Å². The maximum atomic E-state index is 13.3. The summed E-state index contributed by atoms with van der Waals surface area (Å²) in [5, 5.41) is 8.02. The van der Waals surface area contributed by atoms with Gasteiger partial charge < -0.3 is 29.7 Å². The molecule has 5 aromatic rings. The van der Waals surface area contributed by atoms with Crippen molar-refractivity contribution in [3.8, 4) is 11.3 Å². The van der Waals surface area contributed by atoms with Crippen LogP contribution in [0.1, 0.15) is 118 Å². The molecule has 0 bridgehead atoms. The molecule has 0 aliphatic carbocycles. The van der Waals surface area contributed by atoms with Crippen molar-refractivity contribution in [1.82, 2.24) is 35.0 Å². The second-order valence-electron chi connectivity index (χ2n) is 19.5. The first-order valence-corrected chi connectivity index (χ1v) is 26.6. The molecule has 76 heavy (non-hydrogen) atoms. The molecule has 400 valence electrons. The standard InChI is InChI=1S/C58H69N9O9/c1-41-15-20-46(37-45(41)38-51-60-25-23-48(62-51)44-11-10-24-59-39-44)61-55(70)43-18-16-42(17-19-43)40-66-29-27-65(28-30-66)26-6-2-3-7-31-74-33-35-76-36-34-75-32-8-4-5-14-52(68)63-49-13-9-12-47-54(49)58(73)67(57(47)72)50-21-22-53(69)64-56(50)71/h9-13,15-20,23-25,37,39,50H,2-8,14,21-22,26-36,38,40H2,1H3,(H,61,70)(H,63,68)(H,64,69,71). The van der Waals surface area contributed by atoms with Crippen molar-refractivity contribution in [3.05, 3.63) is 137 Å². The van der Waals surface area contributed by atoms with Gasteiger partial charge in [-0.2, -0.15) is 0 Å². The van der Waals surface area contributed by atoms with Crippen molar-refractivity contribution in [2.75, 3.05) is 83.0 Å². The van der Waals surface area contributed by atoms with E-state index < -0.39 is 29.7 Å². The molecule has 1 unspecified atom stereocenters. The highest BCUT2D eigenvalue weighted by molar-refractivity contribution is 6.26. The highest BCUT2D eigenvalue weighted by atomic mass is 16.5. The number of hydrogen-bond donors (Lipinski definition) is 3. The molecule has 5 heterocycles. The molecule has 3 aromatic carbocycles. The third-order valence-electron chi connectivity index (χ3n) is 13.9. The molecule has 8 rings (SSSR count). The fourth-order valence-electron chi connectivity index (χ4n) is 9.60. The number of pyridine rings is 1. The average Bonchev–Trinajstić information content (AvgIpc) is 3.73. The Kier molecular flexibility index (Phi) is 20.4. The van der Waals surface area contributed by atoms with Crippen LogP contribution in [0.5, 0.6) is 0 Å². The number of rotatable bonds is 28. The molecule has 6 amide bonds. The van der Waals surface area contributed by atoms with E-state index in [1.807, 2.05) is 48.5 Å². The fourth-order valence-corrected chi connectivity index (χ4v) is 9.60. The van der Waals surface area contributed by atoms with E-state index in [1.54, 1.807) is 30.7 Å². The summed E-state index contributed by atoms with van der Waals surface area (Å²) in [6, 6.07) is 23.2. The zero-order valence-electron chi connectivity index (χ0n) is 43.4. The lowest BCUT2D eigenvalue weighted by Crippen LogP contribution is -2.54. The van der Waals surface area contributed by atoms with E-state index >= 15 is 0 Å². The molecule has 2 saturated heterocycles. The predicted octanol–water partition coefficient (Wildman–Crippen LogP) is 7.02. The number of nitrogens with one attached hydrogen (secondary N) is 3. The number of carbonyl (C=O) groups is 6. The smallest absolute Gasteiger partial charge is 0.264 e. The quantitative estimate of drug-likeness (QED) is 0.0339. The number of benzene rings is 3. The highest BCUT2D eigenvalue weighted by Crippen LogP contribution is 2.33. The number of imide groups is 2. The normalized spacial score (nSPS) is 16.0. The Morgan fingerprint density at radius 2 is 1.45 bits per heavy atom. The van der Waals surface area contributed by atoms with Gasteiger partial charge in [-0.3, -0.25) is 48.9 Å². The van der Waals surface area contributed by atoms with Gasteiger partial charge in [0.25, 0.3) is 17.7 Å². The van der Waals surface area contributed by atoms with Gasteiger partial charge in [-0.15, -0.1) is 0 Å². The first kappa shape index (κ1) is 55.2. The first-order valence-electron chi connectivity index (χ1n) is 26.6. The largest absolute Gasteiger partial charge is 0.379 e. The molecule has 2 fully saturated rings. The molecule has 0 spiro atoms. The van der Waals surface area contributed by atoms with Gasteiger partial charge in [0.15, 0.2) is 0 Å². The Hall–Kier alpha value is -7.09. The van der Waals surface area contributed by atoms with Crippen molar-refractivity contribution in [2.45, 2.75) is 90.1 Å². The third-order valence-corrected chi connectivity index (χ3v) is 13.9. The molecular weight excluding hydrogens is 967 g/mol. The summed E-state index contributed by atoms with van der Waals surface area (Å²) in [5.74, 6) is -2.12. The molecule has 0 saturated carbocycles. The number of fused-ring (bicyclic) bond motifs is 1. The average molecular weight is 1040 g/mol. The second kappa shape index (κ2) is 28.2. The first-order chi connectivity index (χ1) is 37.1. The number of aryl methyl sites for hydroxylation is 1. The summed E-state index contributed by atoms with van der Waals surface area (Å²) in [7, 11) is 0. The minimum atomic E-state index is -1.07. The van der Waals surface area contributed by atoms with Crippen LogP contribution in [0, 0.1) is 6.92 Å². The summed E-state index contributed by atoms with van der Waals surface area (Å²) >= 11 is 0. The fraction of sp³-hybridized carbons (Fsp3) is 0.431. The van der Waals surface area contributed by atoms with E-state index in [4.69, 9.17) is 19.2 Å². The maximum Gasteiger partial charge on any atom is 0.264 e. The topological polar surface area (TPSA) is 215 Å². The monoisotopic (exact) mass is 1040 g/mol. The van der Waals surface area contributed by atoms with Crippen LogP contribution in [0.3, 0.4) is 0 Å². The van der Waals surface area contributed by atoms with E-state index in [9.17, 15) is 28.8 Å². The Morgan fingerprint density at radius 3 is 2.18 bits per heavy atom. The van der Waals surface area contributed by atoms with Gasteiger partial charge in [0.2, 0.25) is 17.7 Å². The second-order valence-corrected chi connectivity index (χ2v) is 19.5. The van der Waals surface area contributed by atoms with Gasteiger partial charge in [-0.25, -0.2) is 9.97 Å². The van der Waals surface area contributed by atoms with Gasteiger partial charge in [0, 0.05) is 101 Å². The summed E-state index contributed by atoms with van der Waals surface area (Å²) in [4.78, 5) is 95.7. The van der Waals surface area contributed by atoms with Crippen LogP contribution in [-0.2, 0) is 41.6 Å². The van der Waals surface area contributed by atoms with Crippen LogP contribution in [0.15, 0.2) is 97.5 Å². The number of anilines is 2. The molecule has 0 radical (unpaired) electrons. The van der Waals surface area contributed by atoms with Crippen LogP contribution >= 0.6 is 0 Å². The van der Waals surface area contributed by atoms with Gasteiger partial charge in [-0.1, -0.05) is 43.5 Å². The maximum absolute atomic E-state index is 13.3. The molecule has 3 aliphatic heterocycles. The van der Waals surface area contributed by atoms with Crippen molar-refractivity contribution in [1.29, 1.82) is 0 Å². The third kappa shape index (κ3) is 15.7. The number of ether oxygens (including phenoxy) is 3. The van der Waals surface area contributed by atoms with E-state index in [0.717, 1.165) is 105 Å². The number of unbranched alkanes of at least 4 members (excludes halogenated alkanes) is 5. The Balaban J connectivity index is 0.594. The number of piperidine rings is 1. The molecule has 1 atom stereocenters. The van der Waals surface area contributed by atoms with Crippen LogP contribution in [-0.4, -0.2) is 144 Å². The zero-order valence-corrected chi connectivity index (χ0v) is 43.4. The number of hydrogen-bond acceptors (Lipinski definition) is 14. The Bertz CT molecular complexity index is 2790. The number of nitrogens with zero attached hydrogens (tertiary/aromatic N) is 6. The van der Waals surface area contributed by atoms with Crippen molar-refractivity contribution < 1.29 is 43.0 Å². The molecular formula is C58H69N9O9. The molecule has 18 heteroatoms. The number of aromatic nitrogens is 3. The lowest BCUT2D eigenvalue weighted by atomic mass is 10.0. The number of amides is 6. The highest BCUT2D eigenvalue weighted by Gasteiger charge is 2.45.